The van der Waals surface area contributed by atoms with Gasteiger partial charge in [0.25, 0.3) is 0 Å². The number of morpholine rings is 1. The van der Waals surface area contributed by atoms with Gasteiger partial charge in [-0.15, -0.1) is 0 Å². The molecule has 1 N–H and O–H groups in total. The molecule has 3 aromatic carbocycles. The molecule has 5 rings (SSSR count). The molecule has 39 heavy (non-hydrogen) atoms. The maximum atomic E-state index is 9.97. The van der Waals surface area contributed by atoms with Crippen LogP contribution in [0.4, 0.5) is 5.69 Å². The summed E-state index contributed by atoms with van der Waals surface area (Å²) in [4.78, 5) is 7.01. The fraction of sp³-hybridized carbons (Fsp3) is 0.379. The van der Waals surface area contributed by atoms with Crippen LogP contribution in [-0.2, 0) is 4.74 Å². The summed E-state index contributed by atoms with van der Waals surface area (Å²) in [5.41, 5.74) is 2.04. The van der Waals surface area contributed by atoms with E-state index in [1.165, 1.54) is 0 Å². The molecular weight excluding hydrogens is 500 g/mol. The largest absolute Gasteiger partial charge is 0.493 e. The van der Waals surface area contributed by atoms with Gasteiger partial charge in [-0.2, -0.15) is 5.26 Å². The van der Waals surface area contributed by atoms with Crippen LogP contribution < -0.4 is 34.4 Å². The molecule has 2 aliphatic rings. The first-order valence-electron chi connectivity index (χ1n) is 12.7. The highest BCUT2D eigenvalue weighted by Gasteiger charge is 2.26. The summed E-state index contributed by atoms with van der Waals surface area (Å²) in [5.74, 6) is 2.79. The van der Waals surface area contributed by atoms with E-state index in [4.69, 9.17) is 33.4 Å². The maximum absolute atomic E-state index is 9.97. The quantitative estimate of drug-likeness (QED) is 0.420. The number of benzene rings is 3. The number of hydrogen-bond donors (Lipinski definition) is 1. The molecule has 10 nitrogen and oxygen atoms in total. The van der Waals surface area contributed by atoms with Gasteiger partial charge in [-0.25, -0.2) is 0 Å². The molecule has 1 fully saturated rings. The average Bonchev–Trinajstić information content (AvgIpc) is 2.98. The Bertz CT molecular complexity index is 1450. The molecule has 3 aromatic rings. The Hall–Kier alpha value is -4.20. The average molecular weight is 533 g/mol. The van der Waals surface area contributed by atoms with Crippen molar-refractivity contribution in [3.05, 3.63) is 53.0 Å². The fourth-order valence-electron chi connectivity index (χ4n) is 5.01. The Morgan fingerprint density at radius 2 is 1.64 bits per heavy atom. The molecule has 2 aliphatic heterocycles. The van der Waals surface area contributed by atoms with Gasteiger partial charge in [-0.1, -0.05) is 0 Å². The monoisotopic (exact) mass is 532 g/mol. The van der Waals surface area contributed by atoms with Crippen molar-refractivity contribution in [1.82, 2.24) is 4.90 Å². The van der Waals surface area contributed by atoms with Crippen molar-refractivity contribution < 1.29 is 28.4 Å². The van der Waals surface area contributed by atoms with Crippen molar-refractivity contribution in [3.63, 3.8) is 0 Å². The number of methoxy groups -OCH3 is 4. The zero-order chi connectivity index (χ0) is 27.4. The minimum atomic E-state index is -0.462. The highest BCUT2D eigenvalue weighted by Crippen LogP contribution is 2.42. The first-order chi connectivity index (χ1) is 19.1. The number of anilines is 1. The Morgan fingerprint density at radius 1 is 0.949 bits per heavy atom. The second kappa shape index (κ2) is 11.7. The minimum absolute atomic E-state index is 0.462. The van der Waals surface area contributed by atoms with E-state index in [9.17, 15) is 5.26 Å². The number of rotatable bonds is 10. The predicted molar refractivity (Wildman–Crippen MR) is 146 cm³/mol. The molecule has 0 aliphatic carbocycles. The van der Waals surface area contributed by atoms with Gasteiger partial charge in [0.15, 0.2) is 23.0 Å². The van der Waals surface area contributed by atoms with E-state index in [-0.39, 0.29) is 0 Å². The SMILES string of the molecule is COc1cc(NC2C(C#N)=CN=c3c2cc2cc(OC)c(OCCN4CCOCC4)c3c2)cc(OC)c1OC. The summed E-state index contributed by atoms with van der Waals surface area (Å²) in [5, 5.41) is 15.9. The first-order valence-corrected chi connectivity index (χ1v) is 12.7. The highest BCUT2D eigenvalue weighted by molar-refractivity contribution is 5.82. The molecule has 1 atom stereocenters. The number of hydrogen-bond acceptors (Lipinski definition) is 10. The van der Waals surface area contributed by atoms with Crippen molar-refractivity contribution in [2.45, 2.75) is 6.04 Å². The van der Waals surface area contributed by atoms with Crippen molar-refractivity contribution in [3.8, 4) is 34.8 Å². The van der Waals surface area contributed by atoms with Gasteiger partial charge in [0.1, 0.15) is 6.61 Å². The normalized spacial score (nSPS) is 16.9. The Kier molecular flexibility index (Phi) is 7.91. The van der Waals surface area contributed by atoms with Gasteiger partial charge in [0.2, 0.25) is 5.75 Å². The van der Waals surface area contributed by atoms with Crippen molar-refractivity contribution in [2.75, 3.05) is 73.2 Å². The number of nitrogens with zero attached hydrogens (tertiary/aromatic N) is 3. The molecule has 0 aromatic heterocycles. The lowest BCUT2D eigenvalue weighted by molar-refractivity contribution is 0.0322. The molecule has 10 heteroatoms. The third kappa shape index (κ3) is 5.24. The lowest BCUT2D eigenvalue weighted by Crippen LogP contribution is -2.38. The summed E-state index contributed by atoms with van der Waals surface area (Å²) in [7, 11) is 6.33. The van der Waals surface area contributed by atoms with Crippen LogP contribution in [0, 0.1) is 11.3 Å². The maximum Gasteiger partial charge on any atom is 0.203 e. The lowest BCUT2D eigenvalue weighted by atomic mass is 9.93. The summed E-state index contributed by atoms with van der Waals surface area (Å²) in [6, 6.07) is 11.5. The predicted octanol–water partition coefficient (Wildman–Crippen LogP) is 3.50. The van der Waals surface area contributed by atoms with E-state index in [0.29, 0.717) is 46.6 Å². The standard InChI is InChI=1S/C29H32N4O6/c1-34-23-13-18-11-21-26(32-20-14-24(35-2)29(37-4)25(15-20)36-3)19(16-30)17-31-27(21)22(12-18)28(23)39-10-7-33-5-8-38-9-6-33/h11-15,17,26,32H,5-10H2,1-4H3. The van der Waals surface area contributed by atoms with Crippen LogP contribution >= 0.6 is 0 Å². The van der Waals surface area contributed by atoms with Gasteiger partial charge in [0, 0.05) is 54.6 Å². The molecule has 2 heterocycles. The van der Waals surface area contributed by atoms with E-state index < -0.39 is 6.04 Å². The molecule has 0 radical (unpaired) electrons. The van der Waals surface area contributed by atoms with Gasteiger partial charge in [0.05, 0.1) is 64.7 Å². The number of nitrogens with one attached hydrogen (secondary N) is 1. The van der Waals surface area contributed by atoms with Crippen molar-refractivity contribution >= 4 is 16.5 Å². The summed E-state index contributed by atoms with van der Waals surface area (Å²) in [6.07, 6.45) is 1.60. The zero-order valence-electron chi connectivity index (χ0n) is 22.6. The lowest BCUT2D eigenvalue weighted by Gasteiger charge is -2.27. The topological polar surface area (TPSA) is 107 Å². The minimum Gasteiger partial charge on any atom is -0.493 e. The van der Waals surface area contributed by atoms with Crippen LogP contribution in [0.1, 0.15) is 11.6 Å². The van der Waals surface area contributed by atoms with Crippen LogP contribution in [0.25, 0.3) is 10.8 Å². The molecule has 1 saturated heterocycles. The van der Waals surface area contributed by atoms with E-state index >= 15 is 0 Å². The van der Waals surface area contributed by atoms with Crippen LogP contribution in [0.3, 0.4) is 0 Å². The van der Waals surface area contributed by atoms with Gasteiger partial charge in [-0.3, -0.25) is 9.89 Å². The van der Waals surface area contributed by atoms with Crippen molar-refractivity contribution in [2.24, 2.45) is 4.99 Å². The number of fused-ring (bicyclic) bond motifs is 4. The van der Waals surface area contributed by atoms with Gasteiger partial charge in [-0.05, 0) is 23.6 Å². The molecule has 0 saturated carbocycles. The molecular formula is C29H32N4O6. The van der Waals surface area contributed by atoms with E-state index in [1.54, 1.807) is 34.6 Å². The molecule has 1 unspecified atom stereocenters. The molecule has 0 spiro atoms. The van der Waals surface area contributed by atoms with Crippen LogP contribution in [0.2, 0.25) is 0 Å². The third-order valence-corrected chi connectivity index (χ3v) is 6.97. The summed E-state index contributed by atoms with van der Waals surface area (Å²) < 4.78 is 34.0. The fourth-order valence-corrected chi connectivity index (χ4v) is 5.01. The zero-order valence-corrected chi connectivity index (χ0v) is 22.6. The first kappa shape index (κ1) is 26.4. The van der Waals surface area contributed by atoms with Gasteiger partial charge >= 0.3 is 0 Å². The molecule has 204 valence electrons. The summed E-state index contributed by atoms with van der Waals surface area (Å²) >= 11 is 0. The summed E-state index contributed by atoms with van der Waals surface area (Å²) in [6.45, 7) is 4.54. The van der Waals surface area contributed by atoms with E-state index in [1.807, 2.05) is 30.3 Å². The van der Waals surface area contributed by atoms with Crippen LogP contribution in [0.15, 0.2) is 47.1 Å². The second-order valence-corrected chi connectivity index (χ2v) is 9.17. The highest BCUT2D eigenvalue weighted by atomic mass is 16.5. The molecule has 2 bridgehead atoms. The Labute approximate surface area is 227 Å². The smallest absolute Gasteiger partial charge is 0.203 e. The molecule has 0 amide bonds. The third-order valence-electron chi connectivity index (χ3n) is 6.97. The Morgan fingerprint density at radius 3 is 2.28 bits per heavy atom. The van der Waals surface area contributed by atoms with Crippen LogP contribution in [-0.4, -0.2) is 72.8 Å². The number of ether oxygens (including phenoxy) is 6. The van der Waals surface area contributed by atoms with E-state index in [2.05, 4.69) is 16.3 Å². The number of nitriles is 1. The Balaban J connectivity index is 1.53. The van der Waals surface area contributed by atoms with E-state index in [0.717, 1.165) is 54.5 Å². The van der Waals surface area contributed by atoms with Crippen LogP contribution in [0.5, 0.6) is 28.7 Å². The van der Waals surface area contributed by atoms with Gasteiger partial charge < -0.3 is 33.7 Å². The second-order valence-electron chi connectivity index (χ2n) is 9.17. The van der Waals surface area contributed by atoms with Crippen molar-refractivity contribution in [1.29, 1.82) is 5.26 Å².